The van der Waals surface area contributed by atoms with E-state index in [4.69, 9.17) is 5.73 Å². The summed E-state index contributed by atoms with van der Waals surface area (Å²) in [6, 6.07) is 2.05. The Balaban J connectivity index is 2.38. The van der Waals surface area contributed by atoms with Crippen LogP contribution in [0.3, 0.4) is 0 Å². The molecule has 3 heteroatoms. The molecule has 0 aromatic carbocycles. The second-order valence-electron chi connectivity index (χ2n) is 4.16. The molecule has 0 bridgehead atoms. The molecular weight excluding hydrogens is 174 g/mol. The van der Waals surface area contributed by atoms with Crippen molar-refractivity contribution in [3.05, 3.63) is 23.3 Å². The lowest BCUT2D eigenvalue weighted by atomic mass is 10.1. The highest BCUT2D eigenvalue weighted by molar-refractivity contribution is 5.22. The maximum absolute atomic E-state index is 5.76. The molecule has 1 fully saturated rings. The predicted molar refractivity (Wildman–Crippen MR) is 56.1 cm³/mol. The Labute approximate surface area is 84.8 Å². The molecular formula is C11H17N3. The summed E-state index contributed by atoms with van der Waals surface area (Å²) >= 11 is 0. The third-order valence-corrected chi connectivity index (χ3v) is 2.99. The molecule has 76 valence electrons. The number of nitrogens with two attached hydrogens (primary N) is 1. The van der Waals surface area contributed by atoms with Crippen molar-refractivity contribution in [1.29, 1.82) is 0 Å². The van der Waals surface area contributed by atoms with E-state index in [1.807, 2.05) is 6.92 Å². The van der Waals surface area contributed by atoms with E-state index in [2.05, 4.69) is 23.0 Å². The van der Waals surface area contributed by atoms with E-state index in [9.17, 15) is 0 Å². The SMILES string of the molecule is CCc1cc(C)nc(C2(CN)CC2)n1. The summed E-state index contributed by atoms with van der Waals surface area (Å²) in [5.41, 5.74) is 8.08. The average molecular weight is 191 g/mol. The van der Waals surface area contributed by atoms with Gasteiger partial charge in [0.1, 0.15) is 5.82 Å². The Kier molecular flexibility index (Phi) is 2.27. The van der Waals surface area contributed by atoms with E-state index in [1.165, 1.54) is 0 Å². The normalized spacial score (nSPS) is 18.2. The fourth-order valence-corrected chi connectivity index (χ4v) is 1.72. The molecule has 0 atom stereocenters. The van der Waals surface area contributed by atoms with Crippen molar-refractivity contribution in [2.75, 3.05) is 6.54 Å². The summed E-state index contributed by atoms with van der Waals surface area (Å²) in [6.45, 7) is 4.82. The van der Waals surface area contributed by atoms with Crippen LogP contribution in [-0.4, -0.2) is 16.5 Å². The monoisotopic (exact) mass is 191 g/mol. The van der Waals surface area contributed by atoms with Crippen LogP contribution in [0.25, 0.3) is 0 Å². The maximum Gasteiger partial charge on any atom is 0.136 e. The number of hydrogen-bond acceptors (Lipinski definition) is 3. The lowest BCUT2D eigenvalue weighted by Crippen LogP contribution is -2.23. The van der Waals surface area contributed by atoms with E-state index in [-0.39, 0.29) is 5.41 Å². The molecule has 1 aliphatic carbocycles. The van der Waals surface area contributed by atoms with Crippen molar-refractivity contribution in [1.82, 2.24) is 9.97 Å². The first-order valence-electron chi connectivity index (χ1n) is 5.25. The van der Waals surface area contributed by atoms with Crippen molar-refractivity contribution in [2.24, 2.45) is 5.73 Å². The van der Waals surface area contributed by atoms with E-state index < -0.39 is 0 Å². The van der Waals surface area contributed by atoms with E-state index in [0.717, 1.165) is 36.5 Å². The molecule has 0 unspecified atom stereocenters. The van der Waals surface area contributed by atoms with Crippen LogP contribution >= 0.6 is 0 Å². The summed E-state index contributed by atoms with van der Waals surface area (Å²) < 4.78 is 0. The van der Waals surface area contributed by atoms with Crippen LogP contribution in [0.15, 0.2) is 6.07 Å². The highest BCUT2D eigenvalue weighted by atomic mass is 14.9. The van der Waals surface area contributed by atoms with E-state index in [0.29, 0.717) is 6.54 Å². The lowest BCUT2D eigenvalue weighted by molar-refractivity contribution is 0.638. The second kappa shape index (κ2) is 3.31. The Bertz CT molecular complexity index is 342. The molecule has 1 saturated carbocycles. The first-order chi connectivity index (χ1) is 6.70. The third kappa shape index (κ3) is 1.52. The minimum Gasteiger partial charge on any atom is -0.329 e. The van der Waals surface area contributed by atoms with Crippen LogP contribution in [0.2, 0.25) is 0 Å². The summed E-state index contributed by atoms with van der Waals surface area (Å²) in [5, 5.41) is 0. The standard InChI is InChI=1S/C11H17N3/c1-3-9-6-8(2)13-10(14-9)11(7-12)4-5-11/h6H,3-5,7,12H2,1-2H3. The van der Waals surface area contributed by atoms with Gasteiger partial charge in [-0.15, -0.1) is 0 Å². The van der Waals surface area contributed by atoms with Gasteiger partial charge >= 0.3 is 0 Å². The zero-order valence-electron chi connectivity index (χ0n) is 8.88. The molecule has 0 radical (unpaired) electrons. The van der Waals surface area contributed by atoms with Crippen LogP contribution in [-0.2, 0) is 11.8 Å². The molecule has 0 saturated heterocycles. The van der Waals surface area contributed by atoms with Gasteiger partial charge in [-0.25, -0.2) is 9.97 Å². The van der Waals surface area contributed by atoms with E-state index >= 15 is 0 Å². The van der Waals surface area contributed by atoms with Crippen LogP contribution in [0.1, 0.15) is 37.0 Å². The molecule has 1 aromatic heterocycles. The van der Waals surface area contributed by atoms with Gasteiger partial charge in [-0.2, -0.15) is 0 Å². The number of hydrogen-bond donors (Lipinski definition) is 1. The topological polar surface area (TPSA) is 51.8 Å². The van der Waals surface area contributed by atoms with Gasteiger partial charge in [0.2, 0.25) is 0 Å². The molecule has 3 nitrogen and oxygen atoms in total. The van der Waals surface area contributed by atoms with Crippen LogP contribution in [0.4, 0.5) is 0 Å². The number of aromatic nitrogens is 2. The highest BCUT2D eigenvalue weighted by Gasteiger charge is 2.45. The van der Waals surface area contributed by atoms with Gasteiger partial charge in [0.15, 0.2) is 0 Å². The minimum absolute atomic E-state index is 0.121. The third-order valence-electron chi connectivity index (χ3n) is 2.99. The summed E-state index contributed by atoms with van der Waals surface area (Å²) in [6.07, 6.45) is 3.27. The first-order valence-corrected chi connectivity index (χ1v) is 5.25. The molecule has 1 aliphatic rings. The largest absolute Gasteiger partial charge is 0.329 e. The zero-order valence-corrected chi connectivity index (χ0v) is 8.88. The zero-order chi connectivity index (χ0) is 10.2. The molecule has 1 heterocycles. The predicted octanol–water partition coefficient (Wildman–Crippen LogP) is 1.34. The van der Waals surface area contributed by atoms with Gasteiger partial charge in [0, 0.05) is 23.3 Å². The minimum atomic E-state index is 0.121. The van der Waals surface area contributed by atoms with Crippen molar-refractivity contribution in [3.8, 4) is 0 Å². The second-order valence-corrected chi connectivity index (χ2v) is 4.16. The van der Waals surface area contributed by atoms with Gasteiger partial charge in [0.25, 0.3) is 0 Å². The molecule has 14 heavy (non-hydrogen) atoms. The van der Waals surface area contributed by atoms with Crippen molar-refractivity contribution in [3.63, 3.8) is 0 Å². The molecule has 2 N–H and O–H groups in total. The fraction of sp³-hybridized carbons (Fsp3) is 0.636. The highest BCUT2D eigenvalue weighted by Crippen LogP contribution is 2.45. The number of aryl methyl sites for hydroxylation is 2. The van der Waals surface area contributed by atoms with Gasteiger partial charge in [-0.1, -0.05) is 6.92 Å². The van der Waals surface area contributed by atoms with Gasteiger partial charge < -0.3 is 5.73 Å². The summed E-state index contributed by atoms with van der Waals surface area (Å²) in [4.78, 5) is 9.06. The Morgan fingerprint density at radius 1 is 1.43 bits per heavy atom. The number of nitrogens with zero attached hydrogens (tertiary/aromatic N) is 2. The van der Waals surface area contributed by atoms with Crippen molar-refractivity contribution in [2.45, 2.75) is 38.5 Å². The van der Waals surface area contributed by atoms with Crippen LogP contribution in [0.5, 0.6) is 0 Å². The average Bonchev–Trinajstić information content (AvgIpc) is 2.97. The summed E-state index contributed by atoms with van der Waals surface area (Å²) in [5.74, 6) is 0.969. The van der Waals surface area contributed by atoms with Crippen LogP contribution < -0.4 is 5.73 Å². The first kappa shape index (κ1) is 9.59. The maximum atomic E-state index is 5.76. The fourth-order valence-electron chi connectivity index (χ4n) is 1.72. The van der Waals surface area contributed by atoms with E-state index in [1.54, 1.807) is 0 Å². The smallest absolute Gasteiger partial charge is 0.136 e. The Morgan fingerprint density at radius 2 is 2.14 bits per heavy atom. The molecule has 0 amide bonds. The Hall–Kier alpha value is -0.960. The Morgan fingerprint density at radius 3 is 2.64 bits per heavy atom. The lowest BCUT2D eigenvalue weighted by Gasteiger charge is -2.12. The number of rotatable bonds is 3. The van der Waals surface area contributed by atoms with Crippen LogP contribution in [0, 0.1) is 6.92 Å². The van der Waals surface area contributed by atoms with Crippen molar-refractivity contribution < 1.29 is 0 Å². The molecule has 0 aliphatic heterocycles. The molecule has 0 spiro atoms. The van der Waals surface area contributed by atoms with Gasteiger partial charge in [0.05, 0.1) is 0 Å². The summed E-state index contributed by atoms with van der Waals surface area (Å²) in [7, 11) is 0. The van der Waals surface area contributed by atoms with Crippen molar-refractivity contribution >= 4 is 0 Å². The van der Waals surface area contributed by atoms with Gasteiger partial charge in [-0.3, -0.25) is 0 Å². The van der Waals surface area contributed by atoms with Gasteiger partial charge in [-0.05, 0) is 32.3 Å². The quantitative estimate of drug-likeness (QED) is 0.784. The molecule has 1 aromatic rings. The molecule has 2 rings (SSSR count).